The van der Waals surface area contributed by atoms with Crippen molar-refractivity contribution in [3.05, 3.63) is 0 Å². The molecule has 0 amide bonds. The van der Waals surface area contributed by atoms with Gasteiger partial charge in [-0.2, -0.15) is 0 Å². The molecule has 1 fully saturated rings. The van der Waals surface area contributed by atoms with Crippen molar-refractivity contribution in [1.29, 1.82) is 0 Å². The lowest BCUT2D eigenvalue weighted by atomic mass is 9.96. The zero-order valence-electron chi connectivity index (χ0n) is 11.0. The van der Waals surface area contributed by atoms with Gasteiger partial charge in [0.15, 0.2) is 0 Å². The molecular formula is C13H24ClNO2. The van der Waals surface area contributed by atoms with Gasteiger partial charge in [-0.25, -0.2) is 0 Å². The van der Waals surface area contributed by atoms with Gasteiger partial charge in [-0.3, -0.25) is 4.79 Å². The maximum absolute atomic E-state index is 11.4. The van der Waals surface area contributed by atoms with Gasteiger partial charge in [-0.05, 0) is 51.2 Å². The third-order valence-electron chi connectivity index (χ3n) is 3.66. The molecule has 4 heteroatoms. The van der Waals surface area contributed by atoms with E-state index in [-0.39, 0.29) is 11.9 Å². The molecule has 1 rings (SSSR count). The summed E-state index contributed by atoms with van der Waals surface area (Å²) >= 11 is 5.72. The molecule has 0 aromatic heterocycles. The van der Waals surface area contributed by atoms with Crippen LogP contribution in [0.15, 0.2) is 0 Å². The van der Waals surface area contributed by atoms with Crippen LogP contribution in [0.25, 0.3) is 0 Å². The lowest BCUT2D eigenvalue weighted by molar-refractivity contribution is -0.147. The van der Waals surface area contributed by atoms with Crippen molar-refractivity contribution in [2.45, 2.75) is 32.6 Å². The predicted octanol–water partition coefficient (Wildman–Crippen LogP) is 2.53. The first-order chi connectivity index (χ1) is 8.17. The number of alkyl halides is 1. The molecule has 1 aliphatic heterocycles. The van der Waals surface area contributed by atoms with Gasteiger partial charge in [-0.1, -0.05) is 6.92 Å². The first-order valence-corrected chi connectivity index (χ1v) is 7.07. The lowest BCUT2D eigenvalue weighted by Gasteiger charge is -2.31. The molecule has 17 heavy (non-hydrogen) atoms. The van der Waals surface area contributed by atoms with Crippen molar-refractivity contribution in [2.24, 2.45) is 11.8 Å². The molecule has 0 aliphatic carbocycles. The van der Waals surface area contributed by atoms with Crippen molar-refractivity contribution >= 4 is 17.6 Å². The molecule has 0 N–H and O–H groups in total. The smallest absolute Gasteiger partial charge is 0.308 e. The number of esters is 1. The number of methoxy groups -OCH3 is 1. The number of carbonyl (C=O) groups excluding carboxylic acids is 1. The van der Waals surface area contributed by atoms with Gasteiger partial charge >= 0.3 is 5.97 Å². The fourth-order valence-electron chi connectivity index (χ4n) is 2.29. The largest absolute Gasteiger partial charge is 0.469 e. The topological polar surface area (TPSA) is 29.5 Å². The summed E-state index contributed by atoms with van der Waals surface area (Å²) in [7, 11) is 1.47. The number of ether oxygens (including phenoxy) is 1. The fourth-order valence-corrected chi connectivity index (χ4v) is 2.67. The van der Waals surface area contributed by atoms with Crippen molar-refractivity contribution in [3.63, 3.8) is 0 Å². The Morgan fingerprint density at radius 1 is 1.41 bits per heavy atom. The van der Waals surface area contributed by atoms with Crippen LogP contribution >= 0.6 is 11.6 Å². The van der Waals surface area contributed by atoms with E-state index in [0.717, 1.165) is 44.8 Å². The van der Waals surface area contributed by atoms with Crippen molar-refractivity contribution in [1.82, 2.24) is 4.90 Å². The zero-order chi connectivity index (χ0) is 12.7. The Kier molecular flexibility index (Phi) is 6.90. The second-order valence-electron chi connectivity index (χ2n) is 5.01. The van der Waals surface area contributed by atoms with Crippen LogP contribution < -0.4 is 0 Å². The van der Waals surface area contributed by atoms with E-state index in [1.165, 1.54) is 13.5 Å². The first kappa shape index (κ1) is 14.8. The molecule has 0 spiro atoms. The van der Waals surface area contributed by atoms with E-state index in [4.69, 9.17) is 16.3 Å². The number of nitrogens with zero attached hydrogens (tertiary/aromatic N) is 1. The summed E-state index contributed by atoms with van der Waals surface area (Å²) in [5, 5.41) is 0. The van der Waals surface area contributed by atoms with Crippen LogP contribution in [0.5, 0.6) is 0 Å². The van der Waals surface area contributed by atoms with Gasteiger partial charge in [0.05, 0.1) is 13.0 Å². The van der Waals surface area contributed by atoms with E-state index in [1.54, 1.807) is 0 Å². The Morgan fingerprint density at radius 2 is 2.06 bits per heavy atom. The molecule has 0 bridgehead atoms. The monoisotopic (exact) mass is 261 g/mol. The summed E-state index contributed by atoms with van der Waals surface area (Å²) in [6.45, 7) is 5.43. The minimum atomic E-state index is -0.0415. The van der Waals surface area contributed by atoms with E-state index in [9.17, 15) is 4.79 Å². The third-order valence-corrected chi connectivity index (χ3v) is 3.88. The Balaban J connectivity index is 2.17. The van der Waals surface area contributed by atoms with Gasteiger partial charge in [0.25, 0.3) is 0 Å². The Bertz CT molecular complexity index is 227. The number of likely N-dealkylation sites (tertiary alicyclic amines) is 1. The highest BCUT2D eigenvalue weighted by atomic mass is 35.5. The number of halogens is 1. The average Bonchev–Trinajstić information content (AvgIpc) is 2.36. The Morgan fingerprint density at radius 3 is 2.59 bits per heavy atom. The Hall–Kier alpha value is -0.280. The maximum atomic E-state index is 11.4. The normalized spacial score (nSPS) is 20.2. The second-order valence-corrected chi connectivity index (χ2v) is 5.39. The van der Waals surface area contributed by atoms with Gasteiger partial charge < -0.3 is 9.64 Å². The van der Waals surface area contributed by atoms with Crippen molar-refractivity contribution in [3.8, 4) is 0 Å². The molecule has 0 saturated carbocycles. The maximum Gasteiger partial charge on any atom is 0.308 e. The van der Waals surface area contributed by atoms with Crippen LogP contribution in [-0.4, -0.2) is 43.5 Å². The molecule has 0 radical (unpaired) electrons. The van der Waals surface area contributed by atoms with E-state index in [2.05, 4.69) is 11.8 Å². The summed E-state index contributed by atoms with van der Waals surface area (Å²) in [5.74, 6) is 1.54. The highest BCUT2D eigenvalue weighted by molar-refractivity contribution is 6.17. The Labute approximate surface area is 109 Å². The second kappa shape index (κ2) is 7.93. The van der Waals surface area contributed by atoms with Crippen LogP contribution in [0, 0.1) is 11.8 Å². The first-order valence-electron chi connectivity index (χ1n) is 6.53. The average molecular weight is 262 g/mol. The summed E-state index contributed by atoms with van der Waals surface area (Å²) in [6, 6.07) is 0. The fraction of sp³-hybridized carbons (Fsp3) is 0.923. The van der Waals surface area contributed by atoms with E-state index in [1.807, 2.05) is 0 Å². The minimum absolute atomic E-state index is 0.0415. The summed E-state index contributed by atoms with van der Waals surface area (Å²) in [4.78, 5) is 13.8. The molecule has 3 nitrogen and oxygen atoms in total. The van der Waals surface area contributed by atoms with E-state index in [0.29, 0.717) is 5.92 Å². The molecule has 100 valence electrons. The van der Waals surface area contributed by atoms with Crippen LogP contribution in [0.1, 0.15) is 32.6 Å². The van der Waals surface area contributed by atoms with Gasteiger partial charge in [-0.15, -0.1) is 11.6 Å². The number of rotatable bonds is 6. The standard InChI is InChI=1S/C13H24ClNO2/c1-11(3-7-14)4-8-15-9-5-12(6-10-15)13(16)17-2/h11-12H,3-10H2,1-2H3. The van der Waals surface area contributed by atoms with Crippen molar-refractivity contribution < 1.29 is 9.53 Å². The quantitative estimate of drug-likeness (QED) is 0.544. The molecule has 1 unspecified atom stereocenters. The zero-order valence-corrected chi connectivity index (χ0v) is 11.7. The summed E-state index contributed by atoms with van der Waals surface area (Å²) in [6.07, 6.45) is 4.18. The van der Waals surface area contributed by atoms with Gasteiger partial charge in [0.1, 0.15) is 0 Å². The van der Waals surface area contributed by atoms with Gasteiger partial charge in [0.2, 0.25) is 0 Å². The SMILES string of the molecule is COC(=O)C1CCN(CCC(C)CCCl)CC1. The molecule has 0 aromatic carbocycles. The van der Waals surface area contributed by atoms with Crippen LogP contribution in [0.3, 0.4) is 0 Å². The van der Waals surface area contributed by atoms with Crippen LogP contribution in [0.4, 0.5) is 0 Å². The van der Waals surface area contributed by atoms with Crippen LogP contribution in [-0.2, 0) is 9.53 Å². The van der Waals surface area contributed by atoms with Crippen molar-refractivity contribution in [2.75, 3.05) is 32.6 Å². The highest BCUT2D eigenvalue weighted by Gasteiger charge is 2.25. The molecule has 1 heterocycles. The molecule has 1 aliphatic rings. The number of hydrogen-bond acceptors (Lipinski definition) is 3. The molecule has 0 aromatic rings. The number of carbonyl (C=O) groups is 1. The summed E-state index contributed by atoms with van der Waals surface area (Å²) < 4.78 is 4.78. The summed E-state index contributed by atoms with van der Waals surface area (Å²) in [5.41, 5.74) is 0. The minimum Gasteiger partial charge on any atom is -0.469 e. The number of piperidine rings is 1. The number of hydrogen-bond donors (Lipinski definition) is 0. The third kappa shape index (κ3) is 5.26. The van der Waals surface area contributed by atoms with E-state index < -0.39 is 0 Å². The predicted molar refractivity (Wildman–Crippen MR) is 70.3 cm³/mol. The molecule has 1 saturated heterocycles. The van der Waals surface area contributed by atoms with Crippen LogP contribution in [0.2, 0.25) is 0 Å². The molecular weight excluding hydrogens is 238 g/mol. The highest BCUT2D eigenvalue weighted by Crippen LogP contribution is 2.19. The van der Waals surface area contributed by atoms with E-state index >= 15 is 0 Å². The van der Waals surface area contributed by atoms with Gasteiger partial charge in [0, 0.05) is 5.88 Å². The molecule has 1 atom stereocenters. The lowest BCUT2D eigenvalue weighted by Crippen LogP contribution is -2.37.